The molecule has 2 aromatic carbocycles. The highest BCUT2D eigenvalue weighted by molar-refractivity contribution is 5.97. The second-order valence-corrected chi connectivity index (χ2v) is 6.13. The van der Waals surface area contributed by atoms with E-state index < -0.39 is 23.9 Å². The lowest BCUT2D eigenvalue weighted by atomic mass is 10.1. The van der Waals surface area contributed by atoms with Gasteiger partial charge in [0.05, 0.1) is 6.61 Å². The molecule has 148 valence electrons. The standard InChI is InChI=1S/C21H24N2O5/c1-2-28-21(27)18(12-13-19(24)25)23-20(26)16-8-10-17(11-9-16)22-14-15-6-4-3-5-7-15/h3-11,18,22H,2,12-14H2,1H3,(H,23,26)(H,24,25). The summed E-state index contributed by atoms with van der Waals surface area (Å²) >= 11 is 0. The molecule has 1 atom stereocenters. The van der Waals surface area contributed by atoms with E-state index in [1.54, 1.807) is 31.2 Å². The number of aliphatic carboxylic acids is 1. The predicted octanol–water partition coefficient (Wildman–Crippen LogP) is 2.83. The van der Waals surface area contributed by atoms with Crippen LogP contribution in [0.5, 0.6) is 0 Å². The number of carbonyl (C=O) groups is 3. The molecule has 28 heavy (non-hydrogen) atoms. The number of rotatable bonds is 10. The van der Waals surface area contributed by atoms with E-state index in [2.05, 4.69) is 10.6 Å². The van der Waals surface area contributed by atoms with Crippen molar-refractivity contribution >= 4 is 23.5 Å². The molecule has 0 saturated heterocycles. The number of carboxylic acids is 1. The minimum Gasteiger partial charge on any atom is -0.481 e. The van der Waals surface area contributed by atoms with Crippen LogP contribution in [0.15, 0.2) is 54.6 Å². The normalized spacial score (nSPS) is 11.3. The van der Waals surface area contributed by atoms with Crippen molar-refractivity contribution in [2.24, 2.45) is 0 Å². The summed E-state index contributed by atoms with van der Waals surface area (Å²) in [4.78, 5) is 35.1. The van der Waals surface area contributed by atoms with Gasteiger partial charge >= 0.3 is 11.9 Å². The fourth-order valence-electron chi connectivity index (χ4n) is 2.54. The van der Waals surface area contributed by atoms with Crippen molar-refractivity contribution in [2.75, 3.05) is 11.9 Å². The van der Waals surface area contributed by atoms with Crippen LogP contribution in [0.2, 0.25) is 0 Å². The maximum absolute atomic E-state index is 12.4. The second kappa shape index (κ2) is 10.7. The fraction of sp³-hybridized carbons (Fsp3) is 0.286. The van der Waals surface area contributed by atoms with Crippen LogP contribution >= 0.6 is 0 Å². The third kappa shape index (κ3) is 6.75. The Balaban J connectivity index is 1.95. The number of hydrogen-bond donors (Lipinski definition) is 3. The first-order valence-electron chi connectivity index (χ1n) is 9.06. The lowest BCUT2D eigenvalue weighted by Crippen LogP contribution is -2.42. The molecule has 0 aliphatic rings. The molecule has 3 N–H and O–H groups in total. The van der Waals surface area contributed by atoms with Crippen LogP contribution in [-0.2, 0) is 20.9 Å². The first-order valence-corrected chi connectivity index (χ1v) is 9.06. The number of amides is 1. The predicted molar refractivity (Wildman–Crippen MR) is 105 cm³/mol. The number of esters is 1. The topological polar surface area (TPSA) is 105 Å². The summed E-state index contributed by atoms with van der Waals surface area (Å²) in [6, 6.07) is 15.7. The Hall–Kier alpha value is -3.35. The number of anilines is 1. The highest BCUT2D eigenvalue weighted by Crippen LogP contribution is 2.12. The van der Waals surface area contributed by atoms with Crippen LogP contribution in [0.4, 0.5) is 5.69 Å². The van der Waals surface area contributed by atoms with E-state index in [-0.39, 0.29) is 19.4 Å². The molecular formula is C21H24N2O5. The average molecular weight is 384 g/mol. The number of nitrogens with one attached hydrogen (secondary N) is 2. The SMILES string of the molecule is CCOC(=O)C(CCC(=O)O)NC(=O)c1ccc(NCc2ccccc2)cc1. The number of benzene rings is 2. The van der Waals surface area contributed by atoms with E-state index in [4.69, 9.17) is 9.84 Å². The zero-order valence-electron chi connectivity index (χ0n) is 15.7. The van der Waals surface area contributed by atoms with E-state index in [9.17, 15) is 14.4 Å². The number of ether oxygens (including phenoxy) is 1. The maximum atomic E-state index is 12.4. The number of carbonyl (C=O) groups excluding carboxylic acids is 2. The van der Waals surface area contributed by atoms with Crippen LogP contribution in [0.3, 0.4) is 0 Å². The Kier molecular flexibility index (Phi) is 8.02. The monoisotopic (exact) mass is 384 g/mol. The molecule has 7 heteroatoms. The Morgan fingerprint density at radius 2 is 1.71 bits per heavy atom. The first-order chi connectivity index (χ1) is 13.5. The molecule has 0 heterocycles. The Bertz CT molecular complexity index is 790. The number of hydrogen-bond acceptors (Lipinski definition) is 5. The largest absolute Gasteiger partial charge is 0.481 e. The molecule has 0 spiro atoms. The van der Waals surface area contributed by atoms with Crippen LogP contribution in [0.25, 0.3) is 0 Å². The first kappa shape index (κ1) is 21.0. The molecule has 0 aliphatic carbocycles. The van der Waals surface area contributed by atoms with Gasteiger partial charge in [0.15, 0.2) is 0 Å². The molecule has 0 aromatic heterocycles. The highest BCUT2D eigenvalue weighted by Gasteiger charge is 2.23. The lowest BCUT2D eigenvalue weighted by molar-refractivity contribution is -0.146. The highest BCUT2D eigenvalue weighted by atomic mass is 16.5. The quantitative estimate of drug-likeness (QED) is 0.544. The van der Waals surface area contributed by atoms with Crippen molar-refractivity contribution in [3.63, 3.8) is 0 Å². The Morgan fingerprint density at radius 3 is 2.32 bits per heavy atom. The fourth-order valence-corrected chi connectivity index (χ4v) is 2.54. The van der Waals surface area contributed by atoms with Gasteiger partial charge in [-0.15, -0.1) is 0 Å². The molecule has 0 radical (unpaired) electrons. The van der Waals surface area contributed by atoms with Crippen molar-refractivity contribution in [1.29, 1.82) is 0 Å². The van der Waals surface area contributed by atoms with Crippen LogP contribution in [-0.4, -0.2) is 35.6 Å². The van der Waals surface area contributed by atoms with Crippen molar-refractivity contribution in [1.82, 2.24) is 5.32 Å². The van der Waals surface area contributed by atoms with Crippen molar-refractivity contribution < 1.29 is 24.2 Å². The minimum atomic E-state index is -1.04. The molecule has 0 bridgehead atoms. The minimum absolute atomic E-state index is 0.0311. The van der Waals surface area contributed by atoms with E-state index in [0.717, 1.165) is 11.3 Å². The summed E-state index contributed by atoms with van der Waals surface area (Å²) in [5.41, 5.74) is 2.36. The summed E-state index contributed by atoms with van der Waals surface area (Å²) in [7, 11) is 0. The van der Waals surface area contributed by atoms with Crippen LogP contribution in [0, 0.1) is 0 Å². The van der Waals surface area contributed by atoms with Crippen molar-refractivity contribution in [3.8, 4) is 0 Å². The van der Waals surface area contributed by atoms with E-state index in [1.165, 1.54) is 0 Å². The molecule has 1 unspecified atom stereocenters. The van der Waals surface area contributed by atoms with Crippen LogP contribution in [0.1, 0.15) is 35.7 Å². The van der Waals surface area contributed by atoms with Gasteiger partial charge in [-0.1, -0.05) is 30.3 Å². The zero-order chi connectivity index (χ0) is 20.4. The zero-order valence-corrected chi connectivity index (χ0v) is 15.7. The van der Waals surface area contributed by atoms with Gasteiger partial charge in [-0.25, -0.2) is 4.79 Å². The molecule has 0 saturated carbocycles. The molecule has 0 fully saturated rings. The third-order valence-electron chi connectivity index (χ3n) is 4.01. The van der Waals surface area contributed by atoms with E-state index in [1.807, 2.05) is 30.3 Å². The van der Waals surface area contributed by atoms with Gasteiger partial charge in [-0.3, -0.25) is 9.59 Å². The lowest BCUT2D eigenvalue weighted by Gasteiger charge is -2.16. The van der Waals surface area contributed by atoms with Crippen molar-refractivity contribution in [2.45, 2.75) is 32.4 Å². The molecule has 2 rings (SSSR count). The van der Waals surface area contributed by atoms with Gasteiger partial charge in [0, 0.05) is 24.2 Å². The van der Waals surface area contributed by atoms with Gasteiger partial charge in [-0.05, 0) is 43.2 Å². The Morgan fingerprint density at radius 1 is 1.04 bits per heavy atom. The average Bonchev–Trinajstić information content (AvgIpc) is 2.70. The Labute approximate surface area is 163 Å². The second-order valence-electron chi connectivity index (χ2n) is 6.13. The van der Waals surface area contributed by atoms with Crippen molar-refractivity contribution in [3.05, 3.63) is 65.7 Å². The van der Waals surface area contributed by atoms with Gasteiger partial charge in [0.25, 0.3) is 5.91 Å². The van der Waals surface area contributed by atoms with Gasteiger partial charge < -0.3 is 20.5 Å². The van der Waals surface area contributed by atoms with Gasteiger partial charge in [0.1, 0.15) is 6.04 Å². The summed E-state index contributed by atoms with van der Waals surface area (Å²) in [6.07, 6.45) is -0.275. The third-order valence-corrected chi connectivity index (χ3v) is 4.01. The molecule has 2 aromatic rings. The number of carboxylic acid groups (broad SMARTS) is 1. The van der Waals surface area contributed by atoms with Gasteiger partial charge in [-0.2, -0.15) is 0 Å². The molecule has 1 amide bonds. The smallest absolute Gasteiger partial charge is 0.328 e. The summed E-state index contributed by atoms with van der Waals surface area (Å²) in [5, 5.41) is 14.6. The van der Waals surface area contributed by atoms with E-state index in [0.29, 0.717) is 12.1 Å². The summed E-state index contributed by atoms with van der Waals surface area (Å²) < 4.78 is 4.91. The van der Waals surface area contributed by atoms with Gasteiger partial charge in [0.2, 0.25) is 0 Å². The maximum Gasteiger partial charge on any atom is 0.328 e. The summed E-state index contributed by atoms with van der Waals surface area (Å²) in [6.45, 7) is 2.46. The molecule has 7 nitrogen and oxygen atoms in total. The van der Waals surface area contributed by atoms with E-state index >= 15 is 0 Å². The molecular weight excluding hydrogens is 360 g/mol. The molecule has 0 aliphatic heterocycles. The van der Waals surface area contributed by atoms with Crippen LogP contribution < -0.4 is 10.6 Å². The summed E-state index contributed by atoms with van der Waals surface area (Å²) in [5.74, 6) is -2.14.